The van der Waals surface area contributed by atoms with Crippen LogP contribution in [0.5, 0.6) is 0 Å². The van der Waals surface area contributed by atoms with E-state index in [1.165, 1.54) is 0 Å². The van der Waals surface area contributed by atoms with Crippen LogP contribution in [-0.2, 0) is 50.9 Å². The first-order chi connectivity index (χ1) is 0. The maximum atomic E-state index is 0. The Morgan fingerprint density at radius 1 is 1.00 bits per heavy atom. The van der Waals surface area contributed by atoms with Crippen LogP contribution in [0.25, 0.3) is 0 Å². The van der Waals surface area contributed by atoms with E-state index in [-0.39, 0.29) is 58.3 Å². The summed E-state index contributed by atoms with van der Waals surface area (Å²) in [6, 6.07) is 0. The van der Waals surface area contributed by atoms with Crippen molar-refractivity contribution >= 4 is 0 Å². The molecule has 0 saturated carbocycles. The van der Waals surface area contributed by atoms with Crippen molar-refractivity contribution in [1.29, 1.82) is 0 Å². The Morgan fingerprint density at radius 3 is 1.00 bits per heavy atom. The average molecular weight is 183 g/mol. The average Bonchev–Trinajstić information content (AvgIpc) is 0. The van der Waals surface area contributed by atoms with Crippen molar-refractivity contribution in [2.75, 3.05) is 0 Å². The molecule has 0 radical (unpaired) electrons. The molecule has 0 rings (SSSR count). The monoisotopic (exact) mass is 182 g/mol. The molecule has 0 fully saturated rings. The van der Waals surface area contributed by atoms with Gasteiger partial charge >= 0.3 is 0 Å². The predicted molar refractivity (Wildman–Crippen MR) is 6.73 cm³/mol. The molecule has 0 aliphatic rings. The van der Waals surface area contributed by atoms with Gasteiger partial charge in [0.25, 0.3) is 0 Å². The first kappa shape index (κ1) is 48.0. The zero-order valence-electron chi connectivity index (χ0n) is 1.08. The van der Waals surface area contributed by atoms with Gasteiger partial charge in [0.05, 0.1) is 0 Å². The fourth-order valence-electron chi connectivity index (χ4n) is 0. The van der Waals surface area contributed by atoms with Gasteiger partial charge in [0.15, 0.2) is 0 Å². The Hall–Kier alpha value is 1.55. The van der Waals surface area contributed by atoms with Crippen LogP contribution < -0.4 is 0 Å². The molecule has 0 bridgehead atoms. The van der Waals surface area contributed by atoms with Crippen molar-refractivity contribution < 1.29 is 50.9 Å². The summed E-state index contributed by atoms with van der Waals surface area (Å²) in [5, 5.41) is 0. The maximum Gasteiger partial charge on any atom is 0 e. The van der Waals surface area contributed by atoms with Crippen molar-refractivity contribution in [1.82, 2.24) is 0 Å². The number of rotatable bonds is 0. The van der Waals surface area contributed by atoms with E-state index in [0.29, 0.717) is 0 Å². The summed E-state index contributed by atoms with van der Waals surface area (Å²) >= 11 is 0. The molecule has 0 N–H and O–H groups in total. The second kappa shape index (κ2) is 23.9. The van der Waals surface area contributed by atoms with Crippen molar-refractivity contribution in [3.63, 3.8) is 0 Å². The van der Waals surface area contributed by atoms with Crippen molar-refractivity contribution in [2.24, 2.45) is 0 Å². The quantitative estimate of drug-likeness (QED) is 0.482. The Labute approximate surface area is 58.3 Å². The number of hydrogen-bond donors (Lipinski definition) is 0. The molecular formula is CH4CrFeNi. The summed E-state index contributed by atoms with van der Waals surface area (Å²) in [6.45, 7) is 0. The summed E-state index contributed by atoms with van der Waals surface area (Å²) in [6.07, 6.45) is 0. The molecule has 4 heavy (non-hydrogen) atoms. The number of hydrogen-bond acceptors (Lipinski definition) is 0. The van der Waals surface area contributed by atoms with Gasteiger partial charge in [-0.3, -0.25) is 0 Å². The SMILES string of the molecule is C.[Cr].[Fe].[Ni]. The predicted octanol–water partition coefficient (Wildman–Crippen LogP) is 0.629. The van der Waals surface area contributed by atoms with Crippen LogP contribution in [0, 0.1) is 0 Å². The minimum atomic E-state index is 0. The molecule has 0 aromatic carbocycles. The van der Waals surface area contributed by atoms with Crippen molar-refractivity contribution in [3.05, 3.63) is 0 Å². The molecule has 0 aromatic rings. The standard InChI is InChI=1S/CH4.Cr.Fe.Ni/h1H4;;;. The van der Waals surface area contributed by atoms with E-state index in [4.69, 9.17) is 0 Å². The molecule has 0 amide bonds. The molecular weight excluding hydrogens is 179 g/mol. The van der Waals surface area contributed by atoms with Gasteiger partial charge in [0.1, 0.15) is 0 Å². The second-order valence-corrected chi connectivity index (χ2v) is 0. The van der Waals surface area contributed by atoms with Crippen LogP contribution in [0.4, 0.5) is 0 Å². The van der Waals surface area contributed by atoms with Crippen LogP contribution in [-0.4, -0.2) is 0 Å². The smallest absolute Gasteiger partial charge is 0 e. The van der Waals surface area contributed by atoms with Gasteiger partial charge in [0.2, 0.25) is 0 Å². The maximum absolute atomic E-state index is 0. The van der Waals surface area contributed by atoms with Gasteiger partial charge in [-0.2, -0.15) is 0 Å². The van der Waals surface area contributed by atoms with Crippen LogP contribution in [0.1, 0.15) is 7.43 Å². The molecule has 0 nitrogen and oxygen atoms in total. The van der Waals surface area contributed by atoms with E-state index < -0.39 is 0 Å². The zero-order chi connectivity index (χ0) is 0. The molecule has 32 valence electrons. The van der Waals surface area contributed by atoms with E-state index >= 15 is 0 Å². The van der Waals surface area contributed by atoms with E-state index in [1.54, 1.807) is 0 Å². The zero-order valence-corrected chi connectivity index (χ0v) is 4.44. The molecule has 3 heteroatoms. The summed E-state index contributed by atoms with van der Waals surface area (Å²) in [5.74, 6) is 0. The third-order valence-electron chi connectivity index (χ3n) is 0. The molecule has 0 saturated heterocycles. The first-order valence-corrected chi connectivity index (χ1v) is 0. The van der Waals surface area contributed by atoms with Crippen LogP contribution in [0.2, 0.25) is 0 Å². The fourth-order valence-corrected chi connectivity index (χ4v) is 0. The largest absolute Gasteiger partial charge is 0.0776 e. The second-order valence-electron chi connectivity index (χ2n) is 0. The van der Waals surface area contributed by atoms with Crippen molar-refractivity contribution in [2.45, 2.75) is 7.43 Å². The molecule has 0 aliphatic heterocycles. The van der Waals surface area contributed by atoms with E-state index in [1.807, 2.05) is 0 Å². The normalized spacial score (nSPS) is 0. The van der Waals surface area contributed by atoms with Gasteiger partial charge < -0.3 is 0 Å². The Balaban J connectivity index is 0. The van der Waals surface area contributed by atoms with Gasteiger partial charge in [-0.1, -0.05) is 7.43 Å². The summed E-state index contributed by atoms with van der Waals surface area (Å²) in [4.78, 5) is 0. The topological polar surface area (TPSA) is 0 Å². The molecule has 0 atom stereocenters. The Morgan fingerprint density at radius 2 is 1.00 bits per heavy atom. The molecule has 0 unspecified atom stereocenters. The van der Waals surface area contributed by atoms with Gasteiger partial charge in [-0.05, 0) is 0 Å². The van der Waals surface area contributed by atoms with E-state index in [2.05, 4.69) is 0 Å². The molecule has 0 aliphatic carbocycles. The first-order valence-electron chi connectivity index (χ1n) is 0. The molecule has 0 heterocycles. The molecule has 0 aromatic heterocycles. The minimum absolute atomic E-state index is 0. The van der Waals surface area contributed by atoms with Gasteiger partial charge in [-0.15, -0.1) is 0 Å². The summed E-state index contributed by atoms with van der Waals surface area (Å²) in [5.41, 5.74) is 0. The third-order valence-corrected chi connectivity index (χ3v) is 0. The van der Waals surface area contributed by atoms with Crippen molar-refractivity contribution in [3.8, 4) is 0 Å². The minimum Gasteiger partial charge on any atom is -0.0776 e. The van der Waals surface area contributed by atoms with E-state index in [0.717, 1.165) is 0 Å². The van der Waals surface area contributed by atoms with Crippen LogP contribution in [0.15, 0.2) is 0 Å². The molecule has 0 spiro atoms. The fraction of sp³-hybridized carbons (Fsp3) is 1.00. The summed E-state index contributed by atoms with van der Waals surface area (Å²) in [7, 11) is 0. The van der Waals surface area contributed by atoms with Crippen LogP contribution in [0.3, 0.4) is 0 Å². The third kappa shape index (κ3) is 9.62. The van der Waals surface area contributed by atoms with E-state index in [9.17, 15) is 0 Å². The van der Waals surface area contributed by atoms with Gasteiger partial charge in [-0.25, -0.2) is 0 Å². The summed E-state index contributed by atoms with van der Waals surface area (Å²) < 4.78 is 0. The van der Waals surface area contributed by atoms with Gasteiger partial charge in [0, 0.05) is 50.9 Å². The van der Waals surface area contributed by atoms with Crippen LogP contribution >= 0.6 is 0 Å². The Bertz CT molecular complexity index is 8.00. The Kier molecular flexibility index (Phi) is 287.